The number of hydrogen-bond donors (Lipinski definition) is 0. The first kappa shape index (κ1) is 16.6. The summed E-state index contributed by atoms with van der Waals surface area (Å²) in [6, 6.07) is 5.82. The lowest BCUT2D eigenvalue weighted by Gasteiger charge is -2.32. The highest BCUT2D eigenvalue weighted by Crippen LogP contribution is 2.22. The Labute approximate surface area is 141 Å². The molecule has 0 atom stereocenters. The zero-order valence-corrected chi connectivity index (χ0v) is 14.0. The van der Waals surface area contributed by atoms with Gasteiger partial charge in [0.05, 0.1) is 24.6 Å². The molecule has 1 aliphatic heterocycles. The van der Waals surface area contributed by atoms with Crippen LogP contribution in [0.25, 0.3) is 0 Å². The van der Waals surface area contributed by atoms with Crippen LogP contribution in [0.15, 0.2) is 30.6 Å². The van der Waals surface area contributed by atoms with Crippen molar-refractivity contribution in [2.24, 2.45) is 0 Å². The highest BCUT2D eigenvalue weighted by atomic mass is 19.1. The smallest absolute Gasteiger partial charge is 0.227 e. The van der Waals surface area contributed by atoms with Crippen molar-refractivity contribution in [3.05, 3.63) is 42.1 Å². The van der Waals surface area contributed by atoms with Crippen LogP contribution in [0, 0.1) is 5.82 Å². The first-order chi connectivity index (χ1) is 11.6. The van der Waals surface area contributed by atoms with Gasteiger partial charge < -0.3 is 14.5 Å². The molecule has 1 aliphatic rings. The SMILES string of the molecule is CN(C)c1nc(N2CCC(OCc3ccccn3)CC2)ncc1F. The summed E-state index contributed by atoms with van der Waals surface area (Å²) in [6.45, 7) is 2.13. The molecule has 0 N–H and O–H groups in total. The summed E-state index contributed by atoms with van der Waals surface area (Å²) < 4.78 is 19.6. The van der Waals surface area contributed by atoms with E-state index in [0.717, 1.165) is 31.6 Å². The fourth-order valence-corrected chi connectivity index (χ4v) is 2.72. The van der Waals surface area contributed by atoms with Gasteiger partial charge in [0.25, 0.3) is 0 Å². The van der Waals surface area contributed by atoms with E-state index in [4.69, 9.17) is 4.74 Å². The maximum absolute atomic E-state index is 13.7. The number of aromatic nitrogens is 3. The average Bonchev–Trinajstić information content (AvgIpc) is 2.61. The maximum Gasteiger partial charge on any atom is 0.227 e. The van der Waals surface area contributed by atoms with Crippen LogP contribution in [0.4, 0.5) is 16.2 Å². The summed E-state index contributed by atoms with van der Waals surface area (Å²) in [7, 11) is 3.54. The zero-order chi connectivity index (χ0) is 16.9. The molecule has 3 heterocycles. The summed E-state index contributed by atoms with van der Waals surface area (Å²) in [5.74, 6) is 0.481. The first-order valence-corrected chi connectivity index (χ1v) is 8.10. The number of hydrogen-bond acceptors (Lipinski definition) is 6. The molecular weight excluding hydrogens is 309 g/mol. The second-order valence-corrected chi connectivity index (χ2v) is 6.05. The lowest BCUT2D eigenvalue weighted by atomic mass is 10.1. The van der Waals surface area contributed by atoms with Gasteiger partial charge in [-0.15, -0.1) is 0 Å². The summed E-state index contributed by atoms with van der Waals surface area (Å²) in [4.78, 5) is 16.5. The van der Waals surface area contributed by atoms with Gasteiger partial charge in [0.1, 0.15) is 0 Å². The highest BCUT2D eigenvalue weighted by Gasteiger charge is 2.22. The zero-order valence-electron chi connectivity index (χ0n) is 14.0. The van der Waals surface area contributed by atoms with Crippen molar-refractivity contribution in [1.82, 2.24) is 15.0 Å². The average molecular weight is 331 g/mol. The molecule has 24 heavy (non-hydrogen) atoms. The first-order valence-electron chi connectivity index (χ1n) is 8.10. The number of pyridine rings is 1. The molecule has 0 saturated carbocycles. The van der Waals surface area contributed by atoms with E-state index in [1.165, 1.54) is 6.20 Å². The molecule has 0 radical (unpaired) electrons. The minimum atomic E-state index is -0.405. The van der Waals surface area contributed by atoms with Crippen LogP contribution in [-0.2, 0) is 11.3 Å². The number of ether oxygens (including phenoxy) is 1. The number of rotatable bonds is 5. The third-order valence-electron chi connectivity index (χ3n) is 4.05. The topological polar surface area (TPSA) is 54.4 Å². The lowest BCUT2D eigenvalue weighted by Crippen LogP contribution is -2.38. The predicted molar refractivity (Wildman–Crippen MR) is 90.6 cm³/mol. The van der Waals surface area contributed by atoms with Crippen LogP contribution >= 0.6 is 0 Å². The van der Waals surface area contributed by atoms with E-state index in [1.54, 1.807) is 25.2 Å². The Bertz CT molecular complexity index is 659. The third kappa shape index (κ3) is 3.97. The van der Waals surface area contributed by atoms with Crippen LogP contribution in [0.1, 0.15) is 18.5 Å². The van der Waals surface area contributed by atoms with Crippen molar-refractivity contribution in [3.8, 4) is 0 Å². The van der Waals surface area contributed by atoms with Crippen molar-refractivity contribution in [1.29, 1.82) is 0 Å². The van der Waals surface area contributed by atoms with Gasteiger partial charge in [0, 0.05) is 33.4 Å². The van der Waals surface area contributed by atoms with Crippen molar-refractivity contribution in [2.45, 2.75) is 25.6 Å². The molecule has 0 bridgehead atoms. The molecule has 0 amide bonds. The molecule has 0 unspecified atom stereocenters. The summed E-state index contributed by atoms with van der Waals surface area (Å²) in [5.41, 5.74) is 0.942. The molecule has 1 fully saturated rings. The Balaban J connectivity index is 1.54. The minimum absolute atomic E-state index is 0.206. The quantitative estimate of drug-likeness (QED) is 0.838. The molecule has 2 aromatic rings. The van der Waals surface area contributed by atoms with Crippen LogP contribution in [-0.4, -0.2) is 48.2 Å². The van der Waals surface area contributed by atoms with Crippen molar-refractivity contribution in [2.75, 3.05) is 37.0 Å². The molecular formula is C17H22FN5O. The van der Waals surface area contributed by atoms with Gasteiger partial charge in [0.2, 0.25) is 5.95 Å². The Kier molecular flexibility index (Phi) is 5.20. The number of anilines is 2. The van der Waals surface area contributed by atoms with E-state index in [-0.39, 0.29) is 6.10 Å². The molecule has 3 rings (SSSR count). The van der Waals surface area contributed by atoms with E-state index in [2.05, 4.69) is 19.9 Å². The summed E-state index contributed by atoms with van der Waals surface area (Å²) in [5, 5.41) is 0. The second kappa shape index (κ2) is 7.53. The van der Waals surface area contributed by atoms with Crippen LogP contribution in [0.5, 0.6) is 0 Å². The molecule has 2 aromatic heterocycles. The second-order valence-electron chi connectivity index (χ2n) is 6.05. The van der Waals surface area contributed by atoms with Gasteiger partial charge >= 0.3 is 0 Å². The lowest BCUT2D eigenvalue weighted by molar-refractivity contribution is 0.0233. The molecule has 7 heteroatoms. The molecule has 0 aliphatic carbocycles. The molecule has 128 valence electrons. The predicted octanol–water partition coefficient (Wildman–Crippen LogP) is 2.26. The van der Waals surface area contributed by atoms with Gasteiger partial charge in [-0.05, 0) is 25.0 Å². The van der Waals surface area contributed by atoms with E-state index in [0.29, 0.717) is 18.4 Å². The summed E-state index contributed by atoms with van der Waals surface area (Å²) >= 11 is 0. The summed E-state index contributed by atoms with van der Waals surface area (Å²) in [6.07, 6.45) is 5.00. The van der Waals surface area contributed by atoms with Gasteiger partial charge in [-0.3, -0.25) is 4.98 Å². The Morgan fingerprint density at radius 3 is 2.71 bits per heavy atom. The van der Waals surface area contributed by atoms with Crippen molar-refractivity contribution < 1.29 is 9.13 Å². The highest BCUT2D eigenvalue weighted by molar-refractivity contribution is 5.43. The Hall–Kier alpha value is -2.28. The third-order valence-corrected chi connectivity index (χ3v) is 4.05. The van der Waals surface area contributed by atoms with Gasteiger partial charge in [-0.1, -0.05) is 6.07 Å². The van der Waals surface area contributed by atoms with Gasteiger partial charge in [-0.25, -0.2) is 9.37 Å². The van der Waals surface area contributed by atoms with Gasteiger partial charge in [0.15, 0.2) is 11.6 Å². The van der Waals surface area contributed by atoms with Crippen LogP contribution in [0.3, 0.4) is 0 Å². The normalized spacial score (nSPS) is 15.5. The van der Waals surface area contributed by atoms with E-state index >= 15 is 0 Å². The van der Waals surface area contributed by atoms with Crippen molar-refractivity contribution >= 4 is 11.8 Å². The van der Waals surface area contributed by atoms with Crippen LogP contribution in [0.2, 0.25) is 0 Å². The van der Waals surface area contributed by atoms with E-state index < -0.39 is 5.82 Å². The standard InChI is InChI=1S/C17H22FN5O/c1-22(2)16-15(18)11-20-17(21-16)23-9-6-14(7-10-23)24-12-13-5-3-4-8-19-13/h3-5,8,11,14H,6-7,9-10,12H2,1-2H3. The van der Waals surface area contributed by atoms with E-state index in [1.807, 2.05) is 18.2 Å². The molecule has 6 nitrogen and oxygen atoms in total. The van der Waals surface area contributed by atoms with Gasteiger partial charge in [-0.2, -0.15) is 4.98 Å². The Morgan fingerprint density at radius 2 is 2.04 bits per heavy atom. The fraction of sp³-hybridized carbons (Fsp3) is 0.471. The number of nitrogens with zero attached hydrogens (tertiary/aromatic N) is 5. The largest absolute Gasteiger partial charge is 0.372 e. The van der Waals surface area contributed by atoms with E-state index in [9.17, 15) is 4.39 Å². The number of halogens is 1. The maximum atomic E-state index is 13.7. The minimum Gasteiger partial charge on any atom is -0.372 e. The van der Waals surface area contributed by atoms with Crippen molar-refractivity contribution in [3.63, 3.8) is 0 Å². The fourth-order valence-electron chi connectivity index (χ4n) is 2.72. The molecule has 0 spiro atoms. The Morgan fingerprint density at radius 1 is 1.25 bits per heavy atom. The van der Waals surface area contributed by atoms with Crippen LogP contribution < -0.4 is 9.80 Å². The monoisotopic (exact) mass is 331 g/mol. The molecule has 1 saturated heterocycles. The molecule has 0 aromatic carbocycles. The number of piperidine rings is 1.